The number of phenolic OH excluding ortho intramolecular Hbond substituents is 1. The SMILES string of the molecule is COc1ccc([N+](O)(O)c2cc(C)ccc2O)cc1OC. The van der Waals surface area contributed by atoms with Gasteiger partial charge in [0.15, 0.2) is 17.2 Å². The predicted molar refractivity (Wildman–Crippen MR) is 77.4 cm³/mol. The van der Waals surface area contributed by atoms with Crippen LogP contribution in [-0.2, 0) is 0 Å². The van der Waals surface area contributed by atoms with Crippen LogP contribution in [-0.4, -0.2) is 29.7 Å². The molecule has 0 aliphatic heterocycles. The molecule has 0 spiro atoms. The van der Waals surface area contributed by atoms with Gasteiger partial charge < -0.3 is 14.6 Å². The van der Waals surface area contributed by atoms with E-state index in [1.807, 2.05) is 0 Å². The van der Waals surface area contributed by atoms with Gasteiger partial charge >= 0.3 is 0 Å². The molecule has 0 saturated heterocycles. The first kappa shape index (κ1) is 15.1. The summed E-state index contributed by atoms with van der Waals surface area (Å²) in [6.07, 6.45) is 0. The molecule has 2 aromatic carbocycles. The van der Waals surface area contributed by atoms with E-state index >= 15 is 0 Å². The summed E-state index contributed by atoms with van der Waals surface area (Å²) in [5.74, 6) is 0.600. The number of methoxy groups -OCH3 is 2. The summed E-state index contributed by atoms with van der Waals surface area (Å²) in [6.45, 7) is 1.79. The zero-order valence-electron chi connectivity index (χ0n) is 12.1. The van der Waals surface area contributed by atoms with Crippen LogP contribution in [0.4, 0.5) is 11.4 Å². The third-order valence-electron chi connectivity index (χ3n) is 3.19. The zero-order chi connectivity index (χ0) is 15.6. The molecule has 0 heterocycles. The van der Waals surface area contributed by atoms with Gasteiger partial charge in [0, 0.05) is 16.9 Å². The molecule has 0 bridgehead atoms. The van der Waals surface area contributed by atoms with E-state index in [-0.39, 0.29) is 17.1 Å². The molecular formula is C15H18NO5+. The second-order valence-electron chi connectivity index (χ2n) is 4.63. The van der Waals surface area contributed by atoms with Gasteiger partial charge in [-0.2, -0.15) is 10.4 Å². The lowest BCUT2D eigenvalue weighted by molar-refractivity contribution is -0.245. The third kappa shape index (κ3) is 2.78. The van der Waals surface area contributed by atoms with Crippen LogP contribution in [0.15, 0.2) is 36.4 Å². The molecule has 2 aromatic rings. The number of benzene rings is 2. The molecule has 0 aliphatic carbocycles. The standard InChI is InChI=1S/C15H17NO5/c1-10-4-6-13(17)12(8-10)16(18,19)11-5-7-14(20-2)15(9-11)21-3/h4-9,18-19H,1-3H3/p+1. The van der Waals surface area contributed by atoms with Crippen molar-refractivity contribution in [3.63, 3.8) is 0 Å². The smallest absolute Gasteiger partial charge is 0.247 e. The molecule has 2 rings (SSSR count). The van der Waals surface area contributed by atoms with Gasteiger partial charge in [0.05, 0.1) is 20.3 Å². The molecule has 0 aromatic heterocycles. The molecule has 0 fully saturated rings. The molecule has 6 heteroatoms. The van der Waals surface area contributed by atoms with Crippen LogP contribution in [0.25, 0.3) is 0 Å². The van der Waals surface area contributed by atoms with Crippen LogP contribution < -0.4 is 14.3 Å². The van der Waals surface area contributed by atoms with Crippen molar-refractivity contribution in [3.8, 4) is 17.2 Å². The van der Waals surface area contributed by atoms with Crippen molar-refractivity contribution in [2.75, 3.05) is 14.2 Å². The van der Waals surface area contributed by atoms with E-state index in [1.54, 1.807) is 19.1 Å². The van der Waals surface area contributed by atoms with E-state index in [0.717, 1.165) is 5.56 Å². The van der Waals surface area contributed by atoms with E-state index in [9.17, 15) is 15.5 Å². The molecule has 0 radical (unpaired) electrons. The molecule has 0 amide bonds. The average Bonchev–Trinajstić information content (AvgIpc) is 2.48. The van der Waals surface area contributed by atoms with Gasteiger partial charge in [-0.05, 0) is 24.6 Å². The fourth-order valence-corrected chi connectivity index (χ4v) is 2.04. The van der Waals surface area contributed by atoms with Crippen molar-refractivity contribution in [1.29, 1.82) is 0 Å². The van der Waals surface area contributed by atoms with Crippen LogP contribution in [0.2, 0.25) is 0 Å². The van der Waals surface area contributed by atoms with E-state index in [4.69, 9.17) is 9.47 Å². The summed E-state index contributed by atoms with van der Waals surface area (Å²) in [5, 5.41) is 30.6. The molecule has 3 N–H and O–H groups in total. The van der Waals surface area contributed by atoms with Gasteiger partial charge in [0.1, 0.15) is 0 Å². The number of ether oxygens (including phenoxy) is 2. The quantitative estimate of drug-likeness (QED) is 0.596. The number of aryl methyl sites for hydroxylation is 1. The van der Waals surface area contributed by atoms with Gasteiger partial charge in [0.25, 0.3) is 0 Å². The Balaban J connectivity index is 2.55. The van der Waals surface area contributed by atoms with Crippen molar-refractivity contribution < 1.29 is 25.0 Å². The number of hydrogen-bond acceptors (Lipinski definition) is 5. The number of rotatable bonds is 4. The van der Waals surface area contributed by atoms with Crippen molar-refractivity contribution in [1.82, 2.24) is 4.81 Å². The third-order valence-corrected chi connectivity index (χ3v) is 3.19. The number of quaternary nitrogens is 1. The number of phenols is 1. The summed E-state index contributed by atoms with van der Waals surface area (Å²) in [5.41, 5.74) is 0.838. The Morgan fingerprint density at radius 3 is 2.19 bits per heavy atom. The minimum Gasteiger partial charge on any atom is -0.503 e. The summed E-state index contributed by atoms with van der Waals surface area (Å²) in [7, 11) is 2.94. The first-order valence-corrected chi connectivity index (χ1v) is 6.27. The normalized spacial score (nSPS) is 11.3. The Kier molecular flexibility index (Phi) is 4.04. The average molecular weight is 292 g/mol. The van der Waals surface area contributed by atoms with Gasteiger partial charge in [-0.25, -0.2) is 0 Å². The van der Waals surface area contributed by atoms with Crippen molar-refractivity contribution >= 4 is 11.4 Å². The maximum Gasteiger partial charge on any atom is 0.247 e. The fourth-order valence-electron chi connectivity index (χ4n) is 2.04. The number of nitrogens with zero attached hydrogens (tertiary/aromatic N) is 1. The van der Waals surface area contributed by atoms with E-state index < -0.39 is 4.81 Å². The zero-order valence-corrected chi connectivity index (χ0v) is 12.1. The van der Waals surface area contributed by atoms with E-state index in [2.05, 4.69) is 0 Å². The first-order valence-electron chi connectivity index (χ1n) is 6.27. The van der Waals surface area contributed by atoms with Crippen LogP contribution in [0.3, 0.4) is 0 Å². The lowest BCUT2D eigenvalue weighted by Gasteiger charge is -2.22. The van der Waals surface area contributed by atoms with Crippen LogP contribution >= 0.6 is 0 Å². The highest BCUT2D eigenvalue weighted by Gasteiger charge is 2.35. The highest BCUT2D eigenvalue weighted by molar-refractivity contribution is 5.64. The van der Waals surface area contributed by atoms with Gasteiger partial charge in [-0.3, -0.25) is 0 Å². The van der Waals surface area contributed by atoms with Crippen molar-refractivity contribution in [2.24, 2.45) is 0 Å². The van der Waals surface area contributed by atoms with Gasteiger partial charge in [-0.15, -0.1) is 0 Å². The van der Waals surface area contributed by atoms with Gasteiger partial charge in [-0.1, -0.05) is 6.07 Å². The molecule has 112 valence electrons. The van der Waals surface area contributed by atoms with Crippen LogP contribution in [0.5, 0.6) is 17.2 Å². The Bertz CT molecular complexity index is 655. The summed E-state index contributed by atoms with van der Waals surface area (Å²) < 4.78 is 10.2. The lowest BCUT2D eigenvalue weighted by atomic mass is 10.2. The maximum atomic E-state index is 10.4. The highest BCUT2D eigenvalue weighted by Crippen LogP contribution is 2.40. The monoisotopic (exact) mass is 292 g/mol. The lowest BCUT2D eigenvalue weighted by Crippen LogP contribution is -2.36. The topological polar surface area (TPSA) is 79.2 Å². The molecular weight excluding hydrogens is 274 g/mol. The van der Waals surface area contributed by atoms with E-state index in [0.29, 0.717) is 11.5 Å². The predicted octanol–water partition coefficient (Wildman–Crippen LogP) is 3.14. The van der Waals surface area contributed by atoms with Crippen LogP contribution in [0, 0.1) is 6.92 Å². The maximum absolute atomic E-state index is 10.4. The molecule has 21 heavy (non-hydrogen) atoms. The van der Waals surface area contributed by atoms with E-state index in [1.165, 1.54) is 38.5 Å². The van der Waals surface area contributed by atoms with Crippen molar-refractivity contribution in [3.05, 3.63) is 42.0 Å². The summed E-state index contributed by atoms with van der Waals surface area (Å²) in [6, 6.07) is 9.04. The van der Waals surface area contributed by atoms with Crippen molar-refractivity contribution in [2.45, 2.75) is 6.92 Å². The Morgan fingerprint density at radius 1 is 0.905 bits per heavy atom. The highest BCUT2D eigenvalue weighted by atomic mass is 16.8. The Morgan fingerprint density at radius 2 is 1.57 bits per heavy atom. The minimum atomic E-state index is -1.59. The Labute approximate surface area is 122 Å². The fraction of sp³-hybridized carbons (Fsp3) is 0.200. The molecule has 0 aliphatic rings. The summed E-state index contributed by atoms with van der Waals surface area (Å²) >= 11 is 0. The Hall–Kier alpha value is -2.28. The number of hydrogen-bond donors (Lipinski definition) is 3. The second kappa shape index (κ2) is 5.61. The second-order valence-corrected chi connectivity index (χ2v) is 4.63. The molecule has 6 nitrogen and oxygen atoms in total. The van der Waals surface area contributed by atoms with Gasteiger partial charge in [0.2, 0.25) is 11.4 Å². The first-order chi connectivity index (χ1) is 9.90. The molecule has 0 saturated carbocycles. The molecule has 0 atom stereocenters. The van der Waals surface area contributed by atoms with Crippen LogP contribution in [0.1, 0.15) is 5.56 Å². The largest absolute Gasteiger partial charge is 0.503 e. The molecule has 0 unspecified atom stereocenters. The number of aromatic hydroxyl groups is 1. The summed E-state index contributed by atoms with van der Waals surface area (Å²) in [4.78, 5) is -1.59. The minimum absolute atomic E-state index is 0.0535.